The summed E-state index contributed by atoms with van der Waals surface area (Å²) < 4.78 is 11.4. The third-order valence-electron chi connectivity index (χ3n) is 3.90. The molecule has 0 unspecified atom stereocenters. The van der Waals surface area contributed by atoms with E-state index >= 15 is 0 Å². The predicted octanol–water partition coefficient (Wildman–Crippen LogP) is 2.41. The summed E-state index contributed by atoms with van der Waals surface area (Å²) in [6.07, 6.45) is 2.99. The fourth-order valence-corrected chi connectivity index (χ4v) is 3.09. The molecule has 20 heavy (non-hydrogen) atoms. The molecule has 0 bridgehead atoms. The van der Waals surface area contributed by atoms with Crippen LogP contribution in [0.2, 0.25) is 5.02 Å². The average Bonchev–Trinajstić information content (AvgIpc) is 2.47. The topological polar surface area (TPSA) is 47.6 Å². The van der Waals surface area contributed by atoms with Crippen molar-refractivity contribution in [2.75, 3.05) is 13.2 Å². The van der Waals surface area contributed by atoms with Crippen molar-refractivity contribution in [2.24, 2.45) is 0 Å². The number of carbonyl (C=O) groups is 1. The van der Waals surface area contributed by atoms with Gasteiger partial charge in [-0.3, -0.25) is 4.79 Å². The number of benzene rings is 1. The Balaban J connectivity index is 1.59. The van der Waals surface area contributed by atoms with Crippen LogP contribution < -0.4 is 5.32 Å². The monoisotopic (exact) mass is 295 g/mol. The second-order valence-corrected chi connectivity index (χ2v) is 5.75. The van der Waals surface area contributed by atoms with Crippen molar-refractivity contribution < 1.29 is 14.3 Å². The van der Waals surface area contributed by atoms with E-state index in [9.17, 15) is 4.79 Å². The van der Waals surface area contributed by atoms with Crippen LogP contribution >= 0.6 is 11.6 Å². The number of ether oxygens (including phenoxy) is 2. The van der Waals surface area contributed by atoms with E-state index in [4.69, 9.17) is 21.1 Å². The third kappa shape index (κ3) is 3.14. The molecule has 0 spiro atoms. The second kappa shape index (κ2) is 6.12. The first-order valence-electron chi connectivity index (χ1n) is 7.02. The molecule has 1 N–H and O–H groups in total. The van der Waals surface area contributed by atoms with Gasteiger partial charge in [0.15, 0.2) is 0 Å². The van der Waals surface area contributed by atoms with Gasteiger partial charge in [0.05, 0.1) is 25.4 Å². The number of nitrogens with one attached hydrogen (secondary N) is 1. The molecule has 1 aromatic rings. The molecule has 5 heteroatoms. The highest BCUT2D eigenvalue weighted by atomic mass is 35.5. The van der Waals surface area contributed by atoms with Crippen molar-refractivity contribution in [2.45, 2.75) is 37.5 Å². The first-order valence-corrected chi connectivity index (χ1v) is 7.40. The van der Waals surface area contributed by atoms with Crippen LogP contribution in [0.25, 0.3) is 0 Å². The quantitative estimate of drug-likeness (QED) is 0.911. The molecule has 1 saturated heterocycles. The van der Waals surface area contributed by atoms with E-state index < -0.39 is 0 Å². The minimum Gasteiger partial charge on any atom is -0.373 e. The molecular formula is C15H18ClNO3. The Morgan fingerprint density at radius 1 is 1.20 bits per heavy atom. The lowest BCUT2D eigenvalue weighted by molar-refractivity contribution is -0.157. The molecule has 1 aliphatic heterocycles. The van der Waals surface area contributed by atoms with Crippen molar-refractivity contribution in [1.29, 1.82) is 0 Å². The molecule has 3 atom stereocenters. The summed E-state index contributed by atoms with van der Waals surface area (Å²) in [5, 5.41) is 3.64. The van der Waals surface area contributed by atoms with Gasteiger partial charge in [-0.2, -0.15) is 0 Å². The van der Waals surface area contributed by atoms with Gasteiger partial charge in [-0.1, -0.05) is 17.7 Å². The molecule has 0 radical (unpaired) electrons. The molecule has 1 aromatic carbocycles. The van der Waals surface area contributed by atoms with Crippen LogP contribution in [0.15, 0.2) is 24.3 Å². The molecule has 1 aliphatic carbocycles. The van der Waals surface area contributed by atoms with Crippen molar-refractivity contribution in [3.63, 3.8) is 0 Å². The van der Waals surface area contributed by atoms with E-state index in [2.05, 4.69) is 5.32 Å². The highest BCUT2D eigenvalue weighted by Gasteiger charge is 2.34. The van der Waals surface area contributed by atoms with Crippen LogP contribution in [0.1, 0.15) is 29.6 Å². The summed E-state index contributed by atoms with van der Waals surface area (Å²) >= 11 is 5.91. The number of carbonyl (C=O) groups excluding carboxylic acids is 1. The maximum Gasteiger partial charge on any atom is 0.251 e. The number of hydrogen-bond acceptors (Lipinski definition) is 3. The lowest BCUT2D eigenvalue weighted by Crippen LogP contribution is -2.49. The zero-order valence-electron chi connectivity index (χ0n) is 11.2. The molecule has 2 fully saturated rings. The highest BCUT2D eigenvalue weighted by molar-refractivity contribution is 6.30. The van der Waals surface area contributed by atoms with Gasteiger partial charge >= 0.3 is 0 Å². The molecule has 1 saturated carbocycles. The van der Waals surface area contributed by atoms with E-state index in [1.54, 1.807) is 24.3 Å². The molecule has 3 rings (SSSR count). The van der Waals surface area contributed by atoms with Gasteiger partial charge in [-0.15, -0.1) is 0 Å². The first kappa shape index (κ1) is 13.9. The van der Waals surface area contributed by atoms with Crippen LogP contribution in [-0.4, -0.2) is 37.4 Å². The number of rotatable bonds is 2. The number of fused-ring (bicyclic) bond motifs is 1. The van der Waals surface area contributed by atoms with Crippen molar-refractivity contribution in [1.82, 2.24) is 5.32 Å². The standard InChI is InChI=1S/C15H18ClNO3/c16-11-3-1-2-10(8-11)15(18)17-12-4-5-13-14(9-12)20-7-6-19-13/h1-3,8,12-14H,4-7,9H2,(H,17,18)/t12-,13-,14-/m1/s1. The second-order valence-electron chi connectivity index (χ2n) is 5.31. The first-order chi connectivity index (χ1) is 9.72. The van der Waals surface area contributed by atoms with E-state index in [-0.39, 0.29) is 24.2 Å². The van der Waals surface area contributed by atoms with Crippen molar-refractivity contribution >= 4 is 17.5 Å². The smallest absolute Gasteiger partial charge is 0.251 e. The highest BCUT2D eigenvalue weighted by Crippen LogP contribution is 2.27. The zero-order chi connectivity index (χ0) is 13.9. The molecule has 0 aromatic heterocycles. The van der Waals surface area contributed by atoms with Gasteiger partial charge in [0.2, 0.25) is 0 Å². The Morgan fingerprint density at radius 3 is 2.80 bits per heavy atom. The Bertz CT molecular complexity index is 494. The van der Waals surface area contributed by atoms with Crippen molar-refractivity contribution in [3.05, 3.63) is 34.9 Å². The molecule has 4 nitrogen and oxygen atoms in total. The fraction of sp³-hybridized carbons (Fsp3) is 0.533. The van der Waals surface area contributed by atoms with Gasteiger partial charge in [-0.05, 0) is 37.5 Å². The number of amides is 1. The van der Waals surface area contributed by atoms with Gasteiger partial charge in [0.25, 0.3) is 5.91 Å². The van der Waals surface area contributed by atoms with Crippen LogP contribution in [-0.2, 0) is 9.47 Å². The van der Waals surface area contributed by atoms with Gasteiger partial charge < -0.3 is 14.8 Å². The Hall–Kier alpha value is -1.10. The zero-order valence-corrected chi connectivity index (χ0v) is 11.9. The Labute approximate surface area is 123 Å². The Kier molecular flexibility index (Phi) is 4.24. The Morgan fingerprint density at radius 2 is 2.00 bits per heavy atom. The van der Waals surface area contributed by atoms with Gasteiger partial charge in [0, 0.05) is 16.6 Å². The van der Waals surface area contributed by atoms with E-state index in [1.165, 1.54) is 0 Å². The largest absolute Gasteiger partial charge is 0.373 e. The minimum atomic E-state index is -0.0762. The lowest BCUT2D eigenvalue weighted by atomic mass is 9.89. The molecule has 108 valence electrons. The number of halogens is 1. The molecule has 2 aliphatic rings. The third-order valence-corrected chi connectivity index (χ3v) is 4.14. The molecular weight excluding hydrogens is 278 g/mol. The van der Waals surface area contributed by atoms with Crippen LogP contribution in [0.4, 0.5) is 0 Å². The van der Waals surface area contributed by atoms with Crippen molar-refractivity contribution in [3.8, 4) is 0 Å². The number of hydrogen-bond donors (Lipinski definition) is 1. The fourth-order valence-electron chi connectivity index (χ4n) is 2.90. The lowest BCUT2D eigenvalue weighted by Gasteiger charge is -2.39. The molecule has 1 heterocycles. The summed E-state index contributed by atoms with van der Waals surface area (Å²) in [5.74, 6) is -0.0762. The normalized spacial score (nSPS) is 29.6. The van der Waals surface area contributed by atoms with Crippen LogP contribution in [0, 0.1) is 0 Å². The predicted molar refractivity (Wildman–Crippen MR) is 76.0 cm³/mol. The summed E-state index contributed by atoms with van der Waals surface area (Å²) in [7, 11) is 0. The van der Waals surface area contributed by atoms with Crippen LogP contribution in [0.3, 0.4) is 0 Å². The maximum atomic E-state index is 12.2. The van der Waals surface area contributed by atoms with Gasteiger partial charge in [0.1, 0.15) is 0 Å². The van der Waals surface area contributed by atoms with E-state index in [0.29, 0.717) is 23.8 Å². The van der Waals surface area contributed by atoms with E-state index in [1.807, 2.05) is 0 Å². The summed E-state index contributed by atoms with van der Waals surface area (Å²) in [5.41, 5.74) is 0.598. The average molecular weight is 296 g/mol. The summed E-state index contributed by atoms with van der Waals surface area (Å²) in [6.45, 7) is 1.33. The van der Waals surface area contributed by atoms with Crippen LogP contribution in [0.5, 0.6) is 0 Å². The van der Waals surface area contributed by atoms with Gasteiger partial charge in [-0.25, -0.2) is 0 Å². The van der Waals surface area contributed by atoms with E-state index in [0.717, 1.165) is 19.3 Å². The SMILES string of the molecule is O=C(N[C@@H]1CC[C@H]2OCCO[C@@H]2C1)c1cccc(Cl)c1. The summed E-state index contributed by atoms with van der Waals surface area (Å²) in [4.78, 5) is 12.2. The molecule has 1 amide bonds. The maximum absolute atomic E-state index is 12.2. The summed E-state index contributed by atoms with van der Waals surface area (Å²) in [6, 6.07) is 7.14. The minimum absolute atomic E-state index is 0.0762.